The molecule has 1 saturated heterocycles. The fourth-order valence-corrected chi connectivity index (χ4v) is 3.30. The summed E-state index contributed by atoms with van der Waals surface area (Å²) >= 11 is 0. The van der Waals surface area contributed by atoms with Gasteiger partial charge in [0.05, 0.1) is 6.04 Å². The molecule has 0 radical (unpaired) electrons. The molecule has 1 heterocycles. The lowest BCUT2D eigenvalue weighted by molar-refractivity contribution is 0.0831. The minimum absolute atomic E-state index is 0.0349. The van der Waals surface area contributed by atoms with Gasteiger partial charge < -0.3 is 10.6 Å². The molecule has 21 heavy (non-hydrogen) atoms. The van der Waals surface area contributed by atoms with Crippen LogP contribution in [0.25, 0.3) is 0 Å². The number of halogens is 1. The molecule has 0 bridgehead atoms. The van der Waals surface area contributed by atoms with Gasteiger partial charge in [-0.05, 0) is 57.6 Å². The second kappa shape index (κ2) is 7.34. The average molecular weight is 293 g/mol. The molecule has 1 aliphatic heterocycles. The standard InChI is InChI=1S/C17H28FN3/c1-4-16(19)17(13-7-5-8-14(18)11-13)21-10-6-9-15(12-21)20(2)3/h5,7-8,11,15-17H,4,6,9-10,12,19H2,1-3H3. The van der Waals surface area contributed by atoms with Crippen LogP contribution < -0.4 is 5.73 Å². The Bertz CT molecular complexity index is 449. The Morgan fingerprint density at radius 3 is 2.81 bits per heavy atom. The zero-order chi connectivity index (χ0) is 15.4. The molecular formula is C17H28FN3. The quantitative estimate of drug-likeness (QED) is 0.906. The first kappa shape index (κ1) is 16.4. The number of nitrogens with zero attached hydrogens (tertiary/aromatic N) is 2. The molecule has 0 aliphatic carbocycles. The van der Waals surface area contributed by atoms with E-state index in [9.17, 15) is 4.39 Å². The number of likely N-dealkylation sites (N-methyl/N-ethyl adjacent to an activating group) is 1. The van der Waals surface area contributed by atoms with Gasteiger partial charge in [-0.25, -0.2) is 4.39 Å². The molecule has 2 N–H and O–H groups in total. The van der Waals surface area contributed by atoms with Crippen LogP contribution >= 0.6 is 0 Å². The molecule has 1 aliphatic rings. The summed E-state index contributed by atoms with van der Waals surface area (Å²) in [4.78, 5) is 4.73. The summed E-state index contributed by atoms with van der Waals surface area (Å²) in [6, 6.07) is 7.62. The van der Waals surface area contributed by atoms with Gasteiger partial charge >= 0.3 is 0 Å². The Kier molecular flexibility index (Phi) is 5.73. The third-order valence-electron chi connectivity index (χ3n) is 4.62. The van der Waals surface area contributed by atoms with Crippen molar-refractivity contribution in [3.63, 3.8) is 0 Å². The van der Waals surface area contributed by atoms with E-state index in [0.29, 0.717) is 6.04 Å². The van der Waals surface area contributed by atoms with E-state index in [1.54, 1.807) is 12.1 Å². The Hall–Kier alpha value is -0.970. The molecule has 3 atom stereocenters. The SMILES string of the molecule is CCC(N)C(c1cccc(F)c1)N1CCCC(N(C)C)C1. The molecule has 2 rings (SSSR count). The fraction of sp³-hybridized carbons (Fsp3) is 0.647. The highest BCUT2D eigenvalue weighted by Gasteiger charge is 2.31. The fourth-order valence-electron chi connectivity index (χ4n) is 3.30. The molecule has 0 saturated carbocycles. The van der Waals surface area contributed by atoms with Gasteiger partial charge in [0.15, 0.2) is 0 Å². The maximum Gasteiger partial charge on any atom is 0.123 e. The van der Waals surface area contributed by atoms with Crippen LogP contribution in [-0.4, -0.2) is 49.1 Å². The minimum Gasteiger partial charge on any atom is -0.326 e. The lowest BCUT2D eigenvalue weighted by atomic mass is 9.93. The van der Waals surface area contributed by atoms with Gasteiger partial charge in [-0.3, -0.25) is 4.90 Å². The summed E-state index contributed by atoms with van der Waals surface area (Å²) in [6.07, 6.45) is 3.29. The summed E-state index contributed by atoms with van der Waals surface area (Å²) in [7, 11) is 4.26. The minimum atomic E-state index is -0.179. The van der Waals surface area contributed by atoms with E-state index in [0.717, 1.165) is 25.1 Å². The lowest BCUT2D eigenvalue weighted by Crippen LogP contribution is -2.50. The van der Waals surface area contributed by atoms with Gasteiger partial charge in [0.25, 0.3) is 0 Å². The molecule has 3 unspecified atom stereocenters. The first-order valence-electron chi connectivity index (χ1n) is 7.94. The van der Waals surface area contributed by atoms with Crippen molar-refractivity contribution in [2.24, 2.45) is 5.73 Å². The number of hydrogen-bond acceptors (Lipinski definition) is 3. The molecule has 1 fully saturated rings. The number of rotatable bonds is 5. The van der Waals surface area contributed by atoms with E-state index in [4.69, 9.17) is 5.73 Å². The second-order valence-corrected chi connectivity index (χ2v) is 6.33. The van der Waals surface area contributed by atoms with Crippen LogP contribution in [0.4, 0.5) is 4.39 Å². The van der Waals surface area contributed by atoms with Gasteiger partial charge in [0, 0.05) is 18.6 Å². The van der Waals surface area contributed by atoms with Crippen molar-refractivity contribution in [2.75, 3.05) is 27.2 Å². The highest BCUT2D eigenvalue weighted by atomic mass is 19.1. The Morgan fingerprint density at radius 2 is 2.19 bits per heavy atom. The predicted octanol–water partition coefficient (Wildman–Crippen LogP) is 2.63. The molecular weight excluding hydrogens is 265 g/mol. The molecule has 0 spiro atoms. The van der Waals surface area contributed by atoms with Crippen molar-refractivity contribution in [1.82, 2.24) is 9.80 Å². The van der Waals surface area contributed by atoms with Crippen LogP contribution in [0.5, 0.6) is 0 Å². The van der Waals surface area contributed by atoms with Gasteiger partial charge in [-0.1, -0.05) is 19.1 Å². The maximum atomic E-state index is 13.6. The highest BCUT2D eigenvalue weighted by molar-refractivity contribution is 5.22. The molecule has 3 nitrogen and oxygen atoms in total. The topological polar surface area (TPSA) is 32.5 Å². The van der Waals surface area contributed by atoms with Crippen molar-refractivity contribution in [3.8, 4) is 0 Å². The first-order valence-corrected chi connectivity index (χ1v) is 7.94. The normalized spacial score (nSPS) is 23.2. The zero-order valence-electron chi connectivity index (χ0n) is 13.4. The van der Waals surface area contributed by atoms with Crippen LogP contribution in [0.1, 0.15) is 37.8 Å². The smallest absolute Gasteiger partial charge is 0.123 e. The molecule has 0 aromatic heterocycles. The second-order valence-electron chi connectivity index (χ2n) is 6.33. The van der Waals surface area contributed by atoms with Crippen LogP contribution in [0.3, 0.4) is 0 Å². The van der Waals surface area contributed by atoms with Crippen molar-refractivity contribution in [1.29, 1.82) is 0 Å². The zero-order valence-corrected chi connectivity index (χ0v) is 13.4. The van der Waals surface area contributed by atoms with Crippen molar-refractivity contribution < 1.29 is 4.39 Å². The maximum absolute atomic E-state index is 13.6. The highest BCUT2D eigenvalue weighted by Crippen LogP contribution is 2.29. The van der Waals surface area contributed by atoms with Crippen molar-refractivity contribution in [3.05, 3.63) is 35.6 Å². The number of benzene rings is 1. The molecule has 1 aromatic rings. The van der Waals surface area contributed by atoms with Gasteiger partial charge in [0.1, 0.15) is 5.82 Å². The molecule has 0 amide bonds. The Labute approximate surface area is 127 Å². The number of nitrogens with two attached hydrogens (primary N) is 1. The predicted molar refractivity (Wildman–Crippen MR) is 85.7 cm³/mol. The molecule has 1 aromatic carbocycles. The number of piperidine rings is 1. The largest absolute Gasteiger partial charge is 0.326 e. The first-order chi connectivity index (χ1) is 10.0. The number of likely N-dealkylation sites (tertiary alicyclic amines) is 1. The van der Waals surface area contributed by atoms with E-state index in [1.165, 1.54) is 18.9 Å². The summed E-state index contributed by atoms with van der Waals surface area (Å²) in [5.74, 6) is -0.179. The van der Waals surface area contributed by atoms with Gasteiger partial charge in [0.2, 0.25) is 0 Å². The van der Waals surface area contributed by atoms with Crippen LogP contribution in [0.15, 0.2) is 24.3 Å². The Balaban J connectivity index is 2.23. The van der Waals surface area contributed by atoms with Crippen molar-refractivity contribution in [2.45, 2.75) is 44.3 Å². The van der Waals surface area contributed by atoms with E-state index < -0.39 is 0 Å². The van der Waals surface area contributed by atoms with Crippen molar-refractivity contribution >= 4 is 0 Å². The van der Waals surface area contributed by atoms with E-state index in [1.807, 2.05) is 6.07 Å². The third-order valence-corrected chi connectivity index (χ3v) is 4.62. The van der Waals surface area contributed by atoms with Gasteiger partial charge in [-0.15, -0.1) is 0 Å². The Morgan fingerprint density at radius 1 is 1.43 bits per heavy atom. The summed E-state index contributed by atoms with van der Waals surface area (Å²) in [5, 5.41) is 0. The van der Waals surface area contributed by atoms with E-state index >= 15 is 0 Å². The summed E-state index contributed by atoms with van der Waals surface area (Å²) in [5.41, 5.74) is 7.38. The number of hydrogen-bond donors (Lipinski definition) is 1. The van der Waals surface area contributed by atoms with Crippen LogP contribution in [0, 0.1) is 5.82 Å². The van der Waals surface area contributed by atoms with Crippen LogP contribution in [-0.2, 0) is 0 Å². The van der Waals surface area contributed by atoms with E-state index in [2.05, 4.69) is 30.8 Å². The van der Waals surface area contributed by atoms with Gasteiger partial charge in [-0.2, -0.15) is 0 Å². The summed E-state index contributed by atoms with van der Waals surface area (Å²) in [6.45, 7) is 4.14. The summed E-state index contributed by atoms with van der Waals surface area (Å²) < 4.78 is 13.6. The van der Waals surface area contributed by atoms with Crippen LogP contribution in [0.2, 0.25) is 0 Å². The molecule has 118 valence electrons. The molecule has 4 heteroatoms. The van der Waals surface area contributed by atoms with E-state index in [-0.39, 0.29) is 17.9 Å². The lowest BCUT2D eigenvalue weighted by Gasteiger charge is -2.42. The average Bonchev–Trinajstić information content (AvgIpc) is 2.47. The third kappa shape index (κ3) is 4.02. The monoisotopic (exact) mass is 293 g/mol.